The van der Waals surface area contributed by atoms with Crippen molar-refractivity contribution in [2.45, 2.75) is 4.90 Å². The smallest absolute Gasteiger partial charge is 0.190 e. The van der Waals surface area contributed by atoms with E-state index in [0.717, 1.165) is 10.6 Å². The number of thioether (sulfide) groups is 1. The van der Waals surface area contributed by atoms with Crippen LogP contribution in [0.2, 0.25) is 0 Å². The molecule has 0 fully saturated rings. The van der Waals surface area contributed by atoms with E-state index in [-0.39, 0.29) is 0 Å². The Morgan fingerprint density at radius 3 is 2.53 bits per heavy atom. The Morgan fingerprint density at radius 2 is 2.00 bits per heavy atom. The van der Waals surface area contributed by atoms with Gasteiger partial charge in [0.15, 0.2) is 0 Å². The normalized spacial score (nSPS) is 9.87. The zero-order valence-corrected chi connectivity index (χ0v) is 9.60. The molecule has 1 heterocycles. The van der Waals surface area contributed by atoms with Crippen LogP contribution in [-0.4, -0.2) is 16.5 Å². The summed E-state index contributed by atoms with van der Waals surface area (Å²) in [6.07, 6.45) is 2.04. The van der Waals surface area contributed by atoms with E-state index in [4.69, 9.17) is 5.26 Å². The van der Waals surface area contributed by atoms with Crippen LogP contribution in [0.3, 0.4) is 0 Å². The lowest BCUT2D eigenvalue weighted by atomic mass is 10.2. The van der Waals surface area contributed by atoms with E-state index in [1.165, 1.54) is 16.2 Å². The fraction of sp³-hybridized carbons (Fsp3) is 0.100. The first-order valence-corrected chi connectivity index (χ1v) is 6.25. The first kappa shape index (κ1) is 10.1. The molecule has 0 aliphatic rings. The predicted molar refractivity (Wildman–Crippen MR) is 61.8 cm³/mol. The van der Waals surface area contributed by atoms with Gasteiger partial charge in [-0.1, -0.05) is 23.5 Å². The van der Waals surface area contributed by atoms with Crippen molar-refractivity contribution in [3.05, 3.63) is 29.3 Å². The van der Waals surface area contributed by atoms with Crippen molar-refractivity contribution in [2.24, 2.45) is 0 Å². The largest absolute Gasteiger partial charge is 0.218 e. The minimum absolute atomic E-state index is 0.402. The lowest BCUT2D eigenvalue weighted by molar-refractivity contribution is 1.08. The summed E-state index contributed by atoms with van der Waals surface area (Å²) in [5.74, 6) is 0. The van der Waals surface area contributed by atoms with Crippen molar-refractivity contribution >= 4 is 23.1 Å². The van der Waals surface area contributed by atoms with Gasteiger partial charge in [-0.15, -0.1) is 22.0 Å². The molecule has 0 amide bonds. The molecule has 3 nitrogen and oxygen atoms in total. The van der Waals surface area contributed by atoms with Gasteiger partial charge in [-0.2, -0.15) is 5.26 Å². The summed E-state index contributed by atoms with van der Waals surface area (Å²) < 4.78 is 0. The molecule has 1 aromatic carbocycles. The Hall–Kier alpha value is -1.38. The second-order valence-corrected chi connectivity index (χ2v) is 4.61. The van der Waals surface area contributed by atoms with Gasteiger partial charge in [0.05, 0.1) is 0 Å². The fourth-order valence-electron chi connectivity index (χ4n) is 1.12. The SMILES string of the molecule is CSc1ccc(-c2nnc(C#N)s2)cc1. The summed E-state index contributed by atoms with van der Waals surface area (Å²) in [7, 11) is 0. The number of benzene rings is 1. The molecule has 1 aromatic heterocycles. The maximum Gasteiger partial charge on any atom is 0.218 e. The van der Waals surface area contributed by atoms with E-state index in [1.54, 1.807) is 11.8 Å². The van der Waals surface area contributed by atoms with E-state index in [2.05, 4.69) is 10.2 Å². The highest BCUT2D eigenvalue weighted by Gasteiger charge is 2.05. The summed E-state index contributed by atoms with van der Waals surface area (Å²) in [5, 5.41) is 17.5. The van der Waals surface area contributed by atoms with E-state index in [1.807, 2.05) is 36.6 Å². The van der Waals surface area contributed by atoms with Crippen molar-refractivity contribution < 1.29 is 0 Å². The standard InChI is InChI=1S/C10H7N3S2/c1-14-8-4-2-7(3-5-8)10-13-12-9(6-11)15-10/h2-5H,1H3. The highest BCUT2D eigenvalue weighted by atomic mass is 32.2. The third-order valence-corrected chi connectivity index (χ3v) is 3.48. The molecule has 0 spiro atoms. The Morgan fingerprint density at radius 1 is 1.27 bits per heavy atom. The molecule has 0 aliphatic heterocycles. The maximum absolute atomic E-state index is 8.63. The van der Waals surface area contributed by atoms with Crippen LogP contribution >= 0.6 is 23.1 Å². The monoisotopic (exact) mass is 233 g/mol. The maximum atomic E-state index is 8.63. The summed E-state index contributed by atoms with van der Waals surface area (Å²) >= 11 is 3.01. The molecule has 0 aliphatic carbocycles. The first-order valence-electron chi connectivity index (χ1n) is 4.21. The minimum atomic E-state index is 0.402. The zero-order chi connectivity index (χ0) is 10.7. The molecular weight excluding hydrogens is 226 g/mol. The van der Waals surface area contributed by atoms with Gasteiger partial charge in [0.2, 0.25) is 5.01 Å². The lowest BCUT2D eigenvalue weighted by Crippen LogP contribution is -1.77. The highest BCUT2D eigenvalue weighted by molar-refractivity contribution is 7.98. The molecule has 2 rings (SSSR count). The minimum Gasteiger partial charge on any atom is -0.190 e. The number of rotatable bonds is 2. The van der Waals surface area contributed by atoms with Crippen LogP contribution in [0.4, 0.5) is 0 Å². The quantitative estimate of drug-likeness (QED) is 0.748. The third-order valence-electron chi connectivity index (χ3n) is 1.86. The Labute approximate surface area is 95.8 Å². The number of nitriles is 1. The molecule has 74 valence electrons. The summed E-state index contributed by atoms with van der Waals surface area (Å²) in [6.45, 7) is 0. The summed E-state index contributed by atoms with van der Waals surface area (Å²) in [6, 6.07) is 10.0. The fourth-order valence-corrected chi connectivity index (χ4v) is 2.17. The number of nitrogens with zero attached hydrogens (tertiary/aromatic N) is 3. The van der Waals surface area contributed by atoms with Crippen LogP contribution in [0.25, 0.3) is 10.6 Å². The molecule has 0 N–H and O–H groups in total. The van der Waals surface area contributed by atoms with Gasteiger partial charge >= 0.3 is 0 Å². The highest BCUT2D eigenvalue weighted by Crippen LogP contribution is 2.25. The Kier molecular flexibility index (Phi) is 2.99. The number of hydrogen-bond acceptors (Lipinski definition) is 5. The van der Waals surface area contributed by atoms with Gasteiger partial charge in [-0.05, 0) is 18.4 Å². The summed E-state index contributed by atoms with van der Waals surface area (Å²) in [4.78, 5) is 1.21. The lowest BCUT2D eigenvalue weighted by Gasteiger charge is -1.97. The van der Waals surface area contributed by atoms with Crippen LogP contribution in [0.5, 0.6) is 0 Å². The topological polar surface area (TPSA) is 49.6 Å². The van der Waals surface area contributed by atoms with Crippen molar-refractivity contribution in [3.63, 3.8) is 0 Å². The second kappa shape index (κ2) is 4.43. The van der Waals surface area contributed by atoms with Crippen molar-refractivity contribution in [2.75, 3.05) is 6.26 Å². The number of aromatic nitrogens is 2. The van der Waals surface area contributed by atoms with Crippen LogP contribution in [0.1, 0.15) is 5.01 Å². The van der Waals surface area contributed by atoms with Crippen LogP contribution in [0.15, 0.2) is 29.2 Å². The molecule has 5 heteroatoms. The van der Waals surface area contributed by atoms with E-state index in [0.29, 0.717) is 5.01 Å². The predicted octanol–water partition coefficient (Wildman–Crippen LogP) is 2.80. The van der Waals surface area contributed by atoms with Crippen LogP contribution in [0, 0.1) is 11.3 Å². The average molecular weight is 233 g/mol. The van der Waals surface area contributed by atoms with Gasteiger partial charge in [0.1, 0.15) is 11.1 Å². The molecule has 0 saturated heterocycles. The van der Waals surface area contributed by atoms with E-state index >= 15 is 0 Å². The van der Waals surface area contributed by atoms with E-state index in [9.17, 15) is 0 Å². The molecule has 0 saturated carbocycles. The summed E-state index contributed by atoms with van der Waals surface area (Å²) in [5.41, 5.74) is 1.01. The van der Waals surface area contributed by atoms with Gasteiger partial charge < -0.3 is 0 Å². The van der Waals surface area contributed by atoms with Crippen molar-refractivity contribution in [1.82, 2.24) is 10.2 Å². The van der Waals surface area contributed by atoms with Gasteiger partial charge in [-0.3, -0.25) is 0 Å². The van der Waals surface area contributed by atoms with Gasteiger partial charge in [0.25, 0.3) is 0 Å². The molecule has 0 bridgehead atoms. The second-order valence-electron chi connectivity index (χ2n) is 2.75. The molecule has 15 heavy (non-hydrogen) atoms. The van der Waals surface area contributed by atoms with E-state index < -0.39 is 0 Å². The van der Waals surface area contributed by atoms with Crippen molar-refractivity contribution in [3.8, 4) is 16.6 Å². The van der Waals surface area contributed by atoms with Gasteiger partial charge in [0, 0.05) is 10.5 Å². The Balaban J connectivity index is 2.33. The zero-order valence-electron chi connectivity index (χ0n) is 7.97. The third kappa shape index (κ3) is 2.17. The van der Waals surface area contributed by atoms with Crippen molar-refractivity contribution in [1.29, 1.82) is 5.26 Å². The molecule has 0 atom stereocenters. The molecule has 2 aromatic rings. The molecule has 0 unspecified atom stereocenters. The molecular formula is C10H7N3S2. The first-order chi connectivity index (χ1) is 7.33. The van der Waals surface area contributed by atoms with Crippen LogP contribution in [-0.2, 0) is 0 Å². The molecule has 0 radical (unpaired) electrons. The van der Waals surface area contributed by atoms with Crippen LogP contribution < -0.4 is 0 Å². The van der Waals surface area contributed by atoms with Gasteiger partial charge in [-0.25, -0.2) is 0 Å². The number of hydrogen-bond donors (Lipinski definition) is 0. The Bertz CT molecular complexity index is 496. The average Bonchev–Trinajstić information content (AvgIpc) is 2.78.